The van der Waals surface area contributed by atoms with Crippen LogP contribution in [0.3, 0.4) is 0 Å². The molecule has 19 heavy (non-hydrogen) atoms. The highest BCUT2D eigenvalue weighted by Crippen LogP contribution is 2.23. The Labute approximate surface area is 114 Å². The highest BCUT2D eigenvalue weighted by Gasteiger charge is 2.13. The zero-order valence-electron chi connectivity index (χ0n) is 11.9. The van der Waals surface area contributed by atoms with E-state index in [2.05, 4.69) is 25.7 Å². The Morgan fingerprint density at radius 1 is 1.42 bits per heavy atom. The molecule has 0 aliphatic rings. The number of hydrogen-bond acceptors (Lipinski definition) is 4. The zero-order valence-corrected chi connectivity index (χ0v) is 11.9. The summed E-state index contributed by atoms with van der Waals surface area (Å²) in [4.78, 5) is 12.6. The van der Waals surface area contributed by atoms with Crippen molar-refractivity contribution in [3.63, 3.8) is 0 Å². The first-order valence-corrected chi connectivity index (χ1v) is 6.73. The molecule has 0 aromatic heterocycles. The summed E-state index contributed by atoms with van der Waals surface area (Å²) in [5.74, 6) is 0.648. The van der Waals surface area contributed by atoms with Gasteiger partial charge in [-0.15, -0.1) is 0 Å². The minimum Gasteiger partial charge on any atom is -0.393 e. The smallest absolute Gasteiger partial charge is 0.292 e. The Morgan fingerprint density at radius 2 is 2.11 bits per heavy atom. The Bertz CT molecular complexity index is 435. The van der Waals surface area contributed by atoms with Crippen LogP contribution < -0.4 is 5.73 Å². The lowest BCUT2D eigenvalue weighted by atomic mass is 10.1. The summed E-state index contributed by atoms with van der Waals surface area (Å²) in [7, 11) is 0. The molecule has 0 fully saturated rings. The quantitative estimate of drug-likeness (QED) is 0.467. The molecule has 0 bridgehead atoms. The first-order chi connectivity index (χ1) is 8.97. The van der Waals surface area contributed by atoms with E-state index in [1.807, 2.05) is 0 Å². The van der Waals surface area contributed by atoms with Crippen molar-refractivity contribution in [1.82, 2.24) is 4.90 Å². The molecule has 1 atom stereocenters. The Kier molecular flexibility index (Phi) is 5.76. The second kappa shape index (κ2) is 7.09. The van der Waals surface area contributed by atoms with Crippen LogP contribution in [0.5, 0.6) is 0 Å². The third-order valence-corrected chi connectivity index (χ3v) is 3.41. The van der Waals surface area contributed by atoms with Gasteiger partial charge in [-0.2, -0.15) is 0 Å². The van der Waals surface area contributed by atoms with Gasteiger partial charge in [-0.25, -0.2) is 0 Å². The van der Waals surface area contributed by atoms with Crippen LogP contribution in [0, 0.1) is 16.0 Å². The van der Waals surface area contributed by atoms with Gasteiger partial charge in [0.25, 0.3) is 5.69 Å². The van der Waals surface area contributed by atoms with E-state index in [9.17, 15) is 10.1 Å². The van der Waals surface area contributed by atoms with E-state index in [1.165, 1.54) is 6.07 Å². The lowest BCUT2D eigenvalue weighted by Crippen LogP contribution is -2.27. The first kappa shape index (κ1) is 15.4. The molecule has 106 valence electrons. The lowest BCUT2D eigenvalue weighted by Gasteiger charge is -2.23. The number of hydrogen-bond donors (Lipinski definition) is 1. The van der Waals surface area contributed by atoms with Gasteiger partial charge in [0, 0.05) is 19.2 Å². The Balaban J connectivity index is 2.75. The summed E-state index contributed by atoms with van der Waals surface area (Å²) < 4.78 is 0. The van der Waals surface area contributed by atoms with Gasteiger partial charge in [0.15, 0.2) is 0 Å². The predicted octanol–water partition coefficient (Wildman–Crippen LogP) is 3.05. The second-order valence-corrected chi connectivity index (χ2v) is 4.99. The van der Waals surface area contributed by atoms with Gasteiger partial charge in [0.05, 0.1) is 4.92 Å². The summed E-state index contributed by atoms with van der Waals surface area (Å²) >= 11 is 0. The maximum Gasteiger partial charge on any atom is 0.292 e. The molecular formula is C14H23N3O2. The zero-order chi connectivity index (χ0) is 14.4. The van der Waals surface area contributed by atoms with Crippen molar-refractivity contribution in [2.45, 2.75) is 33.7 Å². The van der Waals surface area contributed by atoms with Crippen LogP contribution in [0.25, 0.3) is 0 Å². The number of rotatable bonds is 7. The monoisotopic (exact) mass is 265 g/mol. The molecule has 0 radical (unpaired) electrons. The summed E-state index contributed by atoms with van der Waals surface area (Å²) in [5, 5.41) is 10.7. The number of nitro benzene ring substituents is 1. The van der Waals surface area contributed by atoms with Gasteiger partial charge in [-0.05, 0) is 24.1 Å². The van der Waals surface area contributed by atoms with Crippen LogP contribution in [0.2, 0.25) is 0 Å². The molecule has 5 nitrogen and oxygen atoms in total. The second-order valence-electron chi connectivity index (χ2n) is 4.99. The van der Waals surface area contributed by atoms with Crippen LogP contribution in [-0.4, -0.2) is 22.9 Å². The molecule has 1 aromatic carbocycles. The van der Waals surface area contributed by atoms with Gasteiger partial charge >= 0.3 is 0 Å². The fourth-order valence-corrected chi connectivity index (χ4v) is 2.00. The van der Waals surface area contributed by atoms with Crippen LogP contribution >= 0.6 is 0 Å². The van der Waals surface area contributed by atoms with E-state index in [0.717, 1.165) is 31.6 Å². The SMILES string of the molecule is CCC(C)CN(CC)Cc1ccc([N+](=O)[O-])c(N)c1. The van der Waals surface area contributed by atoms with Crippen molar-refractivity contribution in [3.05, 3.63) is 33.9 Å². The number of benzene rings is 1. The van der Waals surface area contributed by atoms with Crippen molar-refractivity contribution in [2.75, 3.05) is 18.8 Å². The van der Waals surface area contributed by atoms with Crippen LogP contribution in [0.1, 0.15) is 32.8 Å². The van der Waals surface area contributed by atoms with Crippen LogP contribution in [-0.2, 0) is 6.54 Å². The average molecular weight is 265 g/mol. The number of nitrogen functional groups attached to an aromatic ring is 1. The average Bonchev–Trinajstić information content (AvgIpc) is 2.37. The molecular weight excluding hydrogens is 242 g/mol. The van der Waals surface area contributed by atoms with Crippen molar-refractivity contribution in [1.29, 1.82) is 0 Å². The Hall–Kier alpha value is -1.62. The fourth-order valence-electron chi connectivity index (χ4n) is 2.00. The van der Waals surface area contributed by atoms with E-state index in [0.29, 0.717) is 5.92 Å². The van der Waals surface area contributed by atoms with Crippen molar-refractivity contribution in [3.8, 4) is 0 Å². The largest absolute Gasteiger partial charge is 0.393 e. The standard InChI is InChI=1S/C14H23N3O2/c1-4-11(3)9-16(5-2)10-12-6-7-14(17(18)19)13(15)8-12/h6-8,11H,4-5,9-10,15H2,1-3H3. The molecule has 1 rings (SSSR count). The fraction of sp³-hybridized carbons (Fsp3) is 0.571. The summed E-state index contributed by atoms with van der Waals surface area (Å²) in [6.45, 7) is 9.31. The third-order valence-electron chi connectivity index (χ3n) is 3.41. The molecule has 0 heterocycles. The maximum absolute atomic E-state index is 10.7. The van der Waals surface area contributed by atoms with Crippen molar-refractivity contribution < 1.29 is 4.92 Å². The summed E-state index contributed by atoms with van der Waals surface area (Å²) in [6.07, 6.45) is 1.15. The Morgan fingerprint density at radius 3 is 2.58 bits per heavy atom. The molecule has 0 spiro atoms. The lowest BCUT2D eigenvalue weighted by molar-refractivity contribution is -0.383. The van der Waals surface area contributed by atoms with Gasteiger partial charge < -0.3 is 5.73 Å². The number of nitro groups is 1. The highest BCUT2D eigenvalue weighted by molar-refractivity contribution is 5.59. The van der Waals surface area contributed by atoms with Gasteiger partial charge in [0.1, 0.15) is 5.69 Å². The van der Waals surface area contributed by atoms with E-state index in [-0.39, 0.29) is 11.4 Å². The summed E-state index contributed by atoms with van der Waals surface area (Å²) in [5.41, 5.74) is 6.95. The minimum absolute atomic E-state index is 0.0197. The van der Waals surface area contributed by atoms with E-state index in [1.54, 1.807) is 12.1 Å². The van der Waals surface area contributed by atoms with Gasteiger partial charge in [-0.1, -0.05) is 33.3 Å². The van der Waals surface area contributed by atoms with Gasteiger partial charge in [0.2, 0.25) is 0 Å². The van der Waals surface area contributed by atoms with E-state index in [4.69, 9.17) is 5.73 Å². The molecule has 5 heteroatoms. The van der Waals surface area contributed by atoms with Crippen LogP contribution in [0.4, 0.5) is 11.4 Å². The van der Waals surface area contributed by atoms with Crippen molar-refractivity contribution in [2.24, 2.45) is 5.92 Å². The molecule has 0 saturated carbocycles. The maximum atomic E-state index is 10.7. The number of nitrogens with zero attached hydrogens (tertiary/aromatic N) is 2. The molecule has 0 aliphatic heterocycles. The van der Waals surface area contributed by atoms with E-state index < -0.39 is 4.92 Å². The minimum atomic E-state index is -0.449. The molecule has 0 saturated heterocycles. The van der Waals surface area contributed by atoms with Gasteiger partial charge in [-0.3, -0.25) is 15.0 Å². The molecule has 1 unspecified atom stereocenters. The predicted molar refractivity (Wildman–Crippen MR) is 77.9 cm³/mol. The molecule has 0 amide bonds. The number of nitrogens with two attached hydrogens (primary N) is 1. The highest BCUT2D eigenvalue weighted by atomic mass is 16.6. The number of anilines is 1. The normalized spacial score (nSPS) is 12.6. The molecule has 0 aliphatic carbocycles. The third kappa shape index (κ3) is 4.52. The first-order valence-electron chi connectivity index (χ1n) is 6.73. The van der Waals surface area contributed by atoms with Crippen molar-refractivity contribution >= 4 is 11.4 Å². The molecule has 2 N–H and O–H groups in total. The molecule has 1 aromatic rings. The topological polar surface area (TPSA) is 72.4 Å². The van der Waals surface area contributed by atoms with Crippen LogP contribution in [0.15, 0.2) is 18.2 Å². The van der Waals surface area contributed by atoms with E-state index >= 15 is 0 Å². The summed E-state index contributed by atoms with van der Waals surface area (Å²) in [6, 6.07) is 4.98.